The van der Waals surface area contributed by atoms with Crippen molar-refractivity contribution in [2.24, 2.45) is 0 Å². The van der Waals surface area contributed by atoms with Crippen LogP contribution in [-0.2, 0) is 5.88 Å². The number of hydrogen-bond donors (Lipinski definition) is 0. The Bertz CT molecular complexity index is 579. The van der Waals surface area contributed by atoms with Crippen LogP contribution in [0.4, 0.5) is 4.39 Å². The number of para-hydroxylation sites is 2. The minimum atomic E-state index is -0.490. The van der Waals surface area contributed by atoms with E-state index in [0.29, 0.717) is 22.8 Å². The molecule has 5 heteroatoms. The number of methoxy groups -OCH3 is 2. The Kier molecular flexibility index (Phi) is 4.69. The van der Waals surface area contributed by atoms with Gasteiger partial charge in [0.1, 0.15) is 0 Å². The topological polar surface area (TPSA) is 27.7 Å². The molecule has 0 radical (unpaired) electrons. The molecule has 0 aliphatic carbocycles. The van der Waals surface area contributed by atoms with Crippen molar-refractivity contribution in [1.82, 2.24) is 0 Å². The number of ether oxygens (including phenoxy) is 3. The number of alkyl halides is 1. The zero-order valence-corrected chi connectivity index (χ0v) is 11.9. The first-order valence-corrected chi connectivity index (χ1v) is 6.47. The van der Waals surface area contributed by atoms with Crippen molar-refractivity contribution < 1.29 is 18.6 Å². The van der Waals surface area contributed by atoms with Crippen molar-refractivity contribution in [3.8, 4) is 23.0 Å². The Labute approximate surface area is 121 Å². The Morgan fingerprint density at radius 3 is 2.10 bits per heavy atom. The minimum Gasteiger partial charge on any atom is -0.493 e. The normalized spacial score (nSPS) is 10.2. The summed E-state index contributed by atoms with van der Waals surface area (Å²) in [5.74, 6) is 0.946. The van der Waals surface area contributed by atoms with Crippen molar-refractivity contribution in [3.63, 3.8) is 0 Å². The predicted octanol–water partition coefficient (Wildman–Crippen LogP) is 4.37. The van der Waals surface area contributed by atoms with Crippen LogP contribution in [0.15, 0.2) is 36.4 Å². The first-order valence-electron chi connectivity index (χ1n) is 5.93. The van der Waals surface area contributed by atoms with Gasteiger partial charge in [-0.3, -0.25) is 0 Å². The standard InChI is InChI=1S/C15H14ClFO3/c1-18-12-7-4-8-13(19-2)15(12)20-14-10(9-16)5-3-6-11(14)17/h3-8H,9H2,1-2H3. The second-order valence-corrected chi connectivity index (χ2v) is 4.22. The number of rotatable bonds is 5. The first-order chi connectivity index (χ1) is 9.71. The summed E-state index contributed by atoms with van der Waals surface area (Å²) in [5, 5.41) is 0. The van der Waals surface area contributed by atoms with Crippen LogP contribution < -0.4 is 14.2 Å². The largest absolute Gasteiger partial charge is 0.493 e. The molecule has 0 aliphatic heterocycles. The Hall–Kier alpha value is -1.94. The van der Waals surface area contributed by atoms with Gasteiger partial charge < -0.3 is 14.2 Å². The lowest BCUT2D eigenvalue weighted by Gasteiger charge is -2.15. The zero-order valence-electron chi connectivity index (χ0n) is 11.2. The van der Waals surface area contributed by atoms with E-state index in [1.54, 1.807) is 30.3 Å². The van der Waals surface area contributed by atoms with E-state index < -0.39 is 5.82 Å². The number of hydrogen-bond acceptors (Lipinski definition) is 3. The van der Waals surface area contributed by atoms with Gasteiger partial charge in [0.2, 0.25) is 5.75 Å². The molecule has 0 fully saturated rings. The van der Waals surface area contributed by atoms with Crippen LogP contribution in [0.5, 0.6) is 23.0 Å². The minimum absolute atomic E-state index is 0.0744. The highest BCUT2D eigenvalue weighted by atomic mass is 35.5. The van der Waals surface area contributed by atoms with Gasteiger partial charge in [-0.15, -0.1) is 11.6 Å². The number of benzene rings is 2. The number of halogens is 2. The van der Waals surface area contributed by atoms with E-state index in [-0.39, 0.29) is 11.6 Å². The monoisotopic (exact) mass is 296 g/mol. The molecule has 0 bridgehead atoms. The van der Waals surface area contributed by atoms with Crippen LogP contribution in [-0.4, -0.2) is 14.2 Å². The van der Waals surface area contributed by atoms with Crippen LogP contribution >= 0.6 is 11.6 Å². The highest BCUT2D eigenvalue weighted by molar-refractivity contribution is 6.17. The molecule has 0 aromatic heterocycles. The van der Waals surface area contributed by atoms with Gasteiger partial charge in [0.15, 0.2) is 23.1 Å². The van der Waals surface area contributed by atoms with Gasteiger partial charge in [-0.1, -0.05) is 18.2 Å². The summed E-state index contributed by atoms with van der Waals surface area (Å²) in [6.45, 7) is 0. The quantitative estimate of drug-likeness (QED) is 0.767. The molecular weight excluding hydrogens is 283 g/mol. The van der Waals surface area contributed by atoms with Crippen molar-refractivity contribution in [1.29, 1.82) is 0 Å². The summed E-state index contributed by atoms with van der Waals surface area (Å²) in [6.07, 6.45) is 0. The molecule has 0 atom stereocenters. The van der Waals surface area contributed by atoms with E-state index in [9.17, 15) is 4.39 Å². The maximum Gasteiger partial charge on any atom is 0.211 e. The fourth-order valence-electron chi connectivity index (χ4n) is 1.79. The maximum atomic E-state index is 13.9. The molecule has 2 aromatic rings. The third-order valence-electron chi connectivity index (χ3n) is 2.78. The molecule has 0 N–H and O–H groups in total. The average Bonchev–Trinajstić information content (AvgIpc) is 2.49. The average molecular weight is 297 g/mol. The van der Waals surface area contributed by atoms with Gasteiger partial charge in [0.25, 0.3) is 0 Å². The molecule has 0 heterocycles. The third kappa shape index (κ3) is 2.80. The summed E-state index contributed by atoms with van der Waals surface area (Å²) in [5.41, 5.74) is 0.555. The zero-order chi connectivity index (χ0) is 14.5. The van der Waals surface area contributed by atoms with Crippen LogP contribution in [0.25, 0.3) is 0 Å². The Balaban J connectivity index is 2.49. The van der Waals surface area contributed by atoms with Crippen molar-refractivity contribution in [2.75, 3.05) is 14.2 Å². The van der Waals surface area contributed by atoms with E-state index in [0.717, 1.165) is 0 Å². The van der Waals surface area contributed by atoms with E-state index in [1.807, 2.05) is 0 Å². The van der Waals surface area contributed by atoms with Crippen molar-refractivity contribution in [3.05, 3.63) is 47.8 Å². The second-order valence-electron chi connectivity index (χ2n) is 3.96. The van der Waals surface area contributed by atoms with Gasteiger partial charge in [0.05, 0.1) is 20.1 Å². The van der Waals surface area contributed by atoms with E-state index in [4.69, 9.17) is 25.8 Å². The lowest BCUT2D eigenvalue weighted by atomic mass is 10.2. The van der Waals surface area contributed by atoms with Gasteiger partial charge in [-0.25, -0.2) is 4.39 Å². The molecule has 0 unspecified atom stereocenters. The van der Waals surface area contributed by atoms with E-state index >= 15 is 0 Å². The summed E-state index contributed by atoms with van der Waals surface area (Å²) >= 11 is 5.81. The Morgan fingerprint density at radius 1 is 0.950 bits per heavy atom. The highest BCUT2D eigenvalue weighted by Crippen LogP contribution is 2.41. The van der Waals surface area contributed by atoms with Gasteiger partial charge in [-0.05, 0) is 18.2 Å². The maximum absolute atomic E-state index is 13.9. The lowest BCUT2D eigenvalue weighted by molar-refractivity contribution is 0.338. The molecule has 3 nitrogen and oxygen atoms in total. The van der Waals surface area contributed by atoms with Crippen LogP contribution in [0.2, 0.25) is 0 Å². The Morgan fingerprint density at radius 2 is 1.55 bits per heavy atom. The van der Waals surface area contributed by atoms with Crippen LogP contribution in [0, 0.1) is 5.82 Å². The highest BCUT2D eigenvalue weighted by Gasteiger charge is 2.17. The van der Waals surface area contributed by atoms with Gasteiger partial charge >= 0.3 is 0 Å². The smallest absolute Gasteiger partial charge is 0.211 e. The third-order valence-corrected chi connectivity index (χ3v) is 3.07. The molecule has 20 heavy (non-hydrogen) atoms. The molecule has 0 spiro atoms. The summed E-state index contributed by atoms with van der Waals surface area (Å²) < 4.78 is 30.0. The second kappa shape index (κ2) is 6.48. The lowest BCUT2D eigenvalue weighted by Crippen LogP contribution is -1.98. The van der Waals surface area contributed by atoms with E-state index in [1.165, 1.54) is 20.3 Å². The molecule has 0 saturated carbocycles. The molecular formula is C15H14ClFO3. The van der Waals surface area contributed by atoms with Gasteiger partial charge in [-0.2, -0.15) is 0 Å². The molecule has 0 saturated heterocycles. The van der Waals surface area contributed by atoms with E-state index in [2.05, 4.69) is 0 Å². The molecule has 106 valence electrons. The van der Waals surface area contributed by atoms with Crippen molar-refractivity contribution >= 4 is 11.6 Å². The molecule has 0 amide bonds. The summed E-state index contributed by atoms with van der Waals surface area (Å²) in [6, 6.07) is 9.77. The fourth-order valence-corrected chi connectivity index (χ4v) is 2.00. The van der Waals surface area contributed by atoms with Gasteiger partial charge in [0, 0.05) is 5.56 Å². The van der Waals surface area contributed by atoms with Crippen LogP contribution in [0.3, 0.4) is 0 Å². The first kappa shape index (κ1) is 14.5. The van der Waals surface area contributed by atoms with Crippen LogP contribution in [0.1, 0.15) is 5.56 Å². The van der Waals surface area contributed by atoms with Crippen molar-refractivity contribution in [2.45, 2.75) is 5.88 Å². The fraction of sp³-hybridized carbons (Fsp3) is 0.200. The molecule has 0 aliphatic rings. The predicted molar refractivity (Wildman–Crippen MR) is 75.6 cm³/mol. The summed E-state index contributed by atoms with van der Waals surface area (Å²) in [4.78, 5) is 0. The molecule has 2 aromatic carbocycles. The SMILES string of the molecule is COc1cccc(OC)c1Oc1c(F)cccc1CCl. The molecule has 2 rings (SSSR count). The summed E-state index contributed by atoms with van der Waals surface area (Å²) in [7, 11) is 3.01.